The molecule has 0 spiro atoms. The van der Waals surface area contributed by atoms with Gasteiger partial charge in [-0.1, -0.05) is 18.7 Å². The first-order valence-electron chi connectivity index (χ1n) is 5.73. The zero-order valence-electron chi connectivity index (χ0n) is 12.0. The fourth-order valence-electron chi connectivity index (χ4n) is 0.960. The lowest BCUT2D eigenvalue weighted by molar-refractivity contribution is -0.314. The summed E-state index contributed by atoms with van der Waals surface area (Å²) >= 11 is 0. The van der Waals surface area contributed by atoms with Crippen molar-refractivity contribution < 1.29 is 28.6 Å². The minimum Gasteiger partial charge on any atom is -0.385 e. The minimum atomic E-state index is -2.19. The lowest BCUT2D eigenvalue weighted by Crippen LogP contribution is -2.41. The van der Waals surface area contributed by atoms with Crippen LogP contribution in [0.25, 0.3) is 0 Å². The molecule has 20 heavy (non-hydrogen) atoms. The Balaban J connectivity index is 5.22. The number of allylic oxidation sites excluding steroid dienone is 1. The number of ether oxygens (including phenoxy) is 3. The number of carbonyl (C=O) groups excluding carboxylic acids is 3. The molecule has 110 valence electrons. The van der Waals surface area contributed by atoms with Gasteiger partial charge in [0, 0.05) is 17.7 Å². The second-order valence-electron chi connectivity index (χ2n) is 4.13. The summed E-state index contributed by atoms with van der Waals surface area (Å²) in [6.07, 6.45) is 1.70. The Hall–Kier alpha value is -2.37. The van der Waals surface area contributed by atoms with Gasteiger partial charge in [-0.05, 0) is 20.8 Å². The topological polar surface area (TPSA) is 78.9 Å². The Morgan fingerprint density at radius 2 is 1.30 bits per heavy atom. The summed E-state index contributed by atoms with van der Waals surface area (Å²) in [5.41, 5.74) is 1.02. The van der Waals surface area contributed by atoms with Gasteiger partial charge in [-0.3, -0.25) is 0 Å². The van der Waals surface area contributed by atoms with Gasteiger partial charge < -0.3 is 14.2 Å². The van der Waals surface area contributed by atoms with Crippen LogP contribution in [0.4, 0.5) is 0 Å². The van der Waals surface area contributed by atoms with Crippen LogP contribution in [-0.2, 0) is 28.6 Å². The minimum absolute atomic E-state index is 0.306. The third-order valence-electron chi connectivity index (χ3n) is 2.24. The summed E-state index contributed by atoms with van der Waals surface area (Å²) < 4.78 is 14.4. The molecule has 0 radical (unpaired) electrons. The van der Waals surface area contributed by atoms with E-state index in [0.717, 1.165) is 19.1 Å². The first-order chi connectivity index (χ1) is 9.15. The van der Waals surface area contributed by atoms with Crippen molar-refractivity contribution in [2.45, 2.75) is 33.7 Å². The number of carbonyl (C=O) groups is 3. The molecular formula is C14H18O6. The van der Waals surface area contributed by atoms with Gasteiger partial charge in [0.05, 0.1) is 6.92 Å². The summed E-state index contributed by atoms with van der Waals surface area (Å²) in [5, 5.41) is 0. The second kappa shape index (κ2) is 7.28. The van der Waals surface area contributed by atoms with Gasteiger partial charge in [0.1, 0.15) is 0 Å². The fourth-order valence-corrected chi connectivity index (χ4v) is 0.960. The maximum Gasteiger partial charge on any atom is 0.421 e. The van der Waals surface area contributed by atoms with Crippen molar-refractivity contribution in [1.82, 2.24) is 0 Å². The van der Waals surface area contributed by atoms with Crippen LogP contribution in [0.3, 0.4) is 0 Å². The van der Waals surface area contributed by atoms with E-state index < -0.39 is 23.9 Å². The zero-order valence-corrected chi connectivity index (χ0v) is 12.0. The van der Waals surface area contributed by atoms with Crippen molar-refractivity contribution in [2.24, 2.45) is 0 Å². The molecule has 0 unspecified atom stereocenters. The molecule has 0 amide bonds. The lowest BCUT2D eigenvalue weighted by Gasteiger charge is -2.27. The third-order valence-corrected chi connectivity index (χ3v) is 2.24. The van der Waals surface area contributed by atoms with Gasteiger partial charge in [-0.15, -0.1) is 0 Å². The molecule has 6 heteroatoms. The Kier molecular flexibility index (Phi) is 6.41. The van der Waals surface area contributed by atoms with E-state index in [1.807, 2.05) is 0 Å². The molecule has 0 bridgehead atoms. The van der Waals surface area contributed by atoms with Crippen LogP contribution in [0, 0.1) is 0 Å². The summed E-state index contributed by atoms with van der Waals surface area (Å²) in [6.45, 7) is 12.5. The molecular weight excluding hydrogens is 264 g/mol. The molecule has 0 aliphatic heterocycles. The number of hydrogen-bond acceptors (Lipinski definition) is 6. The number of esters is 3. The van der Waals surface area contributed by atoms with Crippen molar-refractivity contribution in [2.75, 3.05) is 0 Å². The summed E-state index contributed by atoms with van der Waals surface area (Å²) in [4.78, 5) is 34.3. The Morgan fingerprint density at radius 1 is 0.900 bits per heavy atom. The highest BCUT2D eigenvalue weighted by atomic mass is 16.9. The SMILES string of the molecule is C=CC(=O)OC(C)(OC(=O)C=C)OC(=O)C(C)=C(C)C. The molecule has 0 aromatic heterocycles. The van der Waals surface area contributed by atoms with E-state index in [1.54, 1.807) is 13.8 Å². The summed E-state index contributed by atoms with van der Waals surface area (Å²) in [5.74, 6) is -4.79. The predicted octanol–water partition coefficient (Wildman–Crippen LogP) is 2.02. The molecule has 0 aliphatic rings. The van der Waals surface area contributed by atoms with Crippen molar-refractivity contribution >= 4 is 17.9 Å². The van der Waals surface area contributed by atoms with Gasteiger partial charge in [-0.2, -0.15) is 0 Å². The molecule has 0 atom stereocenters. The number of rotatable bonds is 6. The highest BCUT2D eigenvalue weighted by Gasteiger charge is 2.37. The summed E-state index contributed by atoms with van der Waals surface area (Å²) in [7, 11) is 0. The molecule has 6 nitrogen and oxygen atoms in total. The fraction of sp³-hybridized carbons (Fsp3) is 0.357. The monoisotopic (exact) mass is 282 g/mol. The standard InChI is InChI=1S/C14H18O6/c1-7-11(15)18-14(6,19-12(16)8-2)20-13(17)10(5)9(3)4/h7-8H,1-2H2,3-6H3. The number of hydrogen-bond donors (Lipinski definition) is 0. The average Bonchev–Trinajstić information content (AvgIpc) is 2.36. The van der Waals surface area contributed by atoms with Crippen LogP contribution < -0.4 is 0 Å². The molecule has 0 N–H and O–H groups in total. The average molecular weight is 282 g/mol. The normalized spacial score (nSPS) is 10.0. The molecule has 0 heterocycles. The largest absolute Gasteiger partial charge is 0.421 e. The van der Waals surface area contributed by atoms with Crippen molar-refractivity contribution in [1.29, 1.82) is 0 Å². The van der Waals surface area contributed by atoms with Crippen LogP contribution >= 0.6 is 0 Å². The highest BCUT2D eigenvalue weighted by molar-refractivity contribution is 5.89. The van der Waals surface area contributed by atoms with Crippen molar-refractivity contribution in [3.8, 4) is 0 Å². The zero-order chi connectivity index (χ0) is 15.9. The quantitative estimate of drug-likeness (QED) is 0.421. The molecule has 0 saturated heterocycles. The van der Waals surface area contributed by atoms with Crippen LogP contribution in [0.1, 0.15) is 27.7 Å². The predicted molar refractivity (Wildman–Crippen MR) is 71.1 cm³/mol. The van der Waals surface area contributed by atoms with Gasteiger partial charge >= 0.3 is 23.9 Å². The van der Waals surface area contributed by atoms with Gasteiger partial charge in [-0.25, -0.2) is 14.4 Å². The van der Waals surface area contributed by atoms with Crippen LogP contribution in [0.2, 0.25) is 0 Å². The lowest BCUT2D eigenvalue weighted by atomic mass is 10.2. The molecule has 0 aliphatic carbocycles. The molecule has 0 saturated carbocycles. The van der Waals surface area contributed by atoms with E-state index >= 15 is 0 Å². The Bertz CT molecular complexity index is 446. The van der Waals surface area contributed by atoms with E-state index in [0.29, 0.717) is 11.1 Å². The van der Waals surface area contributed by atoms with Gasteiger partial charge in [0.15, 0.2) is 0 Å². The smallest absolute Gasteiger partial charge is 0.385 e. The molecule has 0 rings (SSSR count). The molecule has 0 aromatic carbocycles. The van der Waals surface area contributed by atoms with Gasteiger partial charge in [0.25, 0.3) is 0 Å². The van der Waals surface area contributed by atoms with E-state index in [-0.39, 0.29) is 0 Å². The summed E-state index contributed by atoms with van der Waals surface area (Å²) in [6, 6.07) is 0. The second-order valence-corrected chi connectivity index (χ2v) is 4.13. The molecule has 0 aromatic rings. The maximum atomic E-state index is 11.8. The van der Waals surface area contributed by atoms with Crippen molar-refractivity contribution in [3.05, 3.63) is 36.5 Å². The Labute approximate surface area is 117 Å². The van der Waals surface area contributed by atoms with E-state index in [9.17, 15) is 14.4 Å². The van der Waals surface area contributed by atoms with Crippen LogP contribution in [-0.4, -0.2) is 23.9 Å². The third kappa shape index (κ3) is 5.51. The van der Waals surface area contributed by atoms with Gasteiger partial charge in [0.2, 0.25) is 0 Å². The molecule has 0 fully saturated rings. The van der Waals surface area contributed by atoms with E-state index in [2.05, 4.69) is 13.2 Å². The van der Waals surface area contributed by atoms with Crippen LogP contribution in [0.5, 0.6) is 0 Å². The first kappa shape index (κ1) is 17.6. The van der Waals surface area contributed by atoms with E-state index in [1.165, 1.54) is 6.92 Å². The van der Waals surface area contributed by atoms with E-state index in [4.69, 9.17) is 14.2 Å². The first-order valence-corrected chi connectivity index (χ1v) is 5.73. The maximum absolute atomic E-state index is 11.8. The van der Waals surface area contributed by atoms with Crippen molar-refractivity contribution in [3.63, 3.8) is 0 Å². The van der Waals surface area contributed by atoms with Crippen LogP contribution in [0.15, 0.2) is 36.5 Å². The highest BCUT2D eigenvalue weighted by Crippen LogP contribution is 2.19. The Morgan fingerprint density at radius 3 is 1.60 bits per heavy atom.